The van der Waals surface area contributed by atoms with Crippen molar-refractivity contribution >= 4 is 33.2 Å². The molecule has 2 aromatic rings. The number of nitrogens with zero attached hydrogens (tertiary/aromatic N) is 4. The summed E-state index contributed by atoms with van der Waals surface area (Å²) in [6.07, 6.45) is 10.3. The molecular formula is C26H28BrN5O. The molecule has 3 aliphatic rings. The Morgan fingerprint density at radius 2 is 1.85 bits per heavy atom. The molecule has 0 spiro atoms. The van der Waals surface area contributed by atoms with Gasteiger partial charge in [0.05, 0.1) is 17.9 Å². The van der Waals surface area contributed by atoms with E-state index in [9.17, 15) is 4.79 Å². The van der Waals surface area contributed by atoms with Crippen LogP contribution >= 0.6 is 15.9 Å². The van der Waals surface area contributed by atoms with Crippen molar-refractivity contribution in [3.05, 3.63) is 94.3 Å². The Labute approximate surface area is 203 Å². The molecule has 0 bridgehead atoms. The zero-order chi connectivity index (χ0) is 22.8. The number of allylic oxidation sites excluding steroid dienone is 3. The maximum absolute atomic E-state index is 13.1. The second-order valence-electron chi connectivity index (χ2n) is 8.52. The fourth-order valence-corrected chi connectivity index (χ4v) is 4.91. The standard InChI is InChI=1S/C26H28BrN5O/c1-29-14-16-30(17-15-29)24-8-3-2-6-21(24)19-28-26(33)20-9-10-23(27)25(18-20)32-13-11-22-7-4-5-12-31(22)32/h2-12,18H,13-17,19H2,1H3,(H,28,33). The van der Waals surface area contributed by atoms with Crippen LogP contribution in [0.2, 0.25) is 0 Å². The molecule has 0 radical (unpaired) electrons. The SMILES string of the molecule is CN1CCN(c2ccccc2CNC(=O)c2ccc(Br)c(N3CC=C4C=CC=CN43)c2)CC1. The Balaban J connectivity index is 1.29. The number of para-hydroxylation sites is 1. The van der Waals surface area contributed by atoms with E-state index in [-0.39, 0.29) is 5.91 Å². The Morgan fingerprint density at radius 1 is 1.03 bits per heavy atom. The van der Waals surface area contributed by atoms with E-state index in [2.05, 4.69) is 78.5 Å². The average molecular weight is 506 g/mol. The molecule has 1 saturated heterocycles. The second-order valence-corrected chi connectivity index (χ2v) is 9.38. The smallest absolute Gasteiger partial charge is 0.251 e. The van der Waals surface area contributed by atoms with Gasteiger partial charge in [-0.15, -0.1) is 0 Å². The van der Waals surface area contributed by atoms with E-state index in [0.717, 1.165) is 54.1 Å². The van der Waals surface area contributed by atoms with Gasteiger partial charge < -0.3 is 15.1 Å². The molecule has 2 aromatic carbocycles. The molecule has 0 aromatic heterocycles. The number of carbonyl (C=O) groups is 1. The first-order chi connectivity index (χ1) is 16.1. The van der Waals surface area contributed by atoms with Crippen LogP contribution in [0.4, 0.5) is 11.4 Å². The van der Waals surface area contributed by atoms with Crippen LogP contribution in [0.1, 0.15) is 15.9 Å². The predicted molar refractivity (Wildman–Crippen MR) is 137 cm³/mol. The van der Waals surface area contributed by atoms with Gasteiger partial charge >= 0.3 is 0 Å². The molecule has 0 saturated carbocycles. The number of likely N-dealkylation sites (N-methyl/N-ethyl adjacent to an activating group) is 1. The highest BCUT2D eigenvalue weighted by Crippen LogP contribution is 2.34. The second kappa shape index (κ2) is 9.45. The van der Waals surface area contributed by atoms with Crippen molar-refractivity contribution in [3.63, 3.8) is 0 Å². The number of amides is 1. The van der Waals surface area contributed by atoms with Gasteiger partial charge in [0, 0.05) is 54.6 Å². The van der Waals surface area contributed by atoms with Crippen molar-refractivity contribution < 1.29 is 4.79 Å². The summed E-state index contributed by atoms with van der Waals surface area (Å²) in [6.45, 7) is 5.37. The lowest BCUT2D eigenvalue weighted by atomic mass is 10.1. The van der Waals surface area contributed by atoms with Gasteiger partial charge in [0.2, 0.25) is 0 Å². The Kier molecular flexibility index (Phi) is 6.24. The van der Waals surface area contributed by atoms with Gasteiger partial charge in [-0.05, 0) is 71.0 Å². The molecule has 0 atom stereocenters. The number of benzene rings is 2. The average Bonchev–Trinajstić information content (AvgIpc) is 3.27. The van der Waals surface area contributed by atoms with Gasteiger partial charge in [0.1, 0.15) is 0 Å². The van der Waals surface area contributed by atoms with Gasteiger partial charge in [0.25, 0.3) is 5.91 Å². The first-order valence-electron chi connectivity index (χ1n) is 11.3. The third-order valence-corrected chi connectivity index (χ3v) is 7.04. The van der Waals surface area contributed by atoms with Crippen molar-refractivity contribution in [2.24, 2.45) is 0 Å². The number of hydrogen-bond acceptors (Lipinski definition) is 5. The number of rotatable bonds is 5. The van der Waals surface area contributed by atoms with Crippen LogP contribution in [0.5, 0.6) is 0 Å². The third-order valence-electron chi connectivity index (χ3n) is 6.36. The Hall–Kier alpha value is -3.03. The summed E-state index contributed by atoms with van der Waals surface area (Å²) in [5.74, 6) is -0.0709. The monoisotopic (exact) mass is 505 g/mol. The number of hydrazine groups is 1. The topological polar surface area (TPSA) is 42.1 Å². The number of halogens is 1. The van der Waals surface area contributed by atoms with Crippen molar-refractivity contribution in [2.45, 2.75) is 6.54 Å². The van der Waals surface area contributed by atoms with Crippen LogP contribution in [0, 0.1) is 0 Å². The lowest BCUT2D eigenvalue weighted by Gasteiger charge is -2.35. The summed E-state index contributed by atoms with van der Waals surface area (Å²) in [5.41, 5.74) is 5.11. The van der Waals surface area contributed by atoms with Crippen molar-refractivity contribution in [1.82, 2.24) is 15.2 Å². The molecule has 5 rings (SSSR count). The van der Waals surface area contributed by atoms with Crippen molar-refractivity contribution in [2.75, 3.05) is 49.7 Å². The van der Waals surface area contributed by atoms with E-state index in [4.69, 9.17) is 0 Å². The summed E-state index contributed by atoms with van der Waals surface area (Å²) in [4.78, 5) is 17.9. The van der Waals surface area contributed by atoms with Crippen LogP contribution in [0.25, 0.3) is 0 Å². The number of nitrogens with one attached hydrogen (secondary N) is 1. The van der Waals surface area contributed by atoms with Gasteiger partial charge in [-0.25, -0.2) is 0 Å². The van der Waals surface area contributed by atoms with E-state index in [0.29, 0.717) is 12.1 Å². The number of piperazine rings is 1. The van der Waals surface area contributed by atoms with Crippen LogP contribution in [0.3, 0.4) is 0 Å². The number of fused-ring (bicyclic) bond motifs is 1. The number of hydrogen-bond donors (Lipinski definition) is 1. The number of carbonyl (C=O) groups excluding carboxylic acids is 1. The van der Waals surface area contributed by atoms with E-state index in [1.807, 2.05) is 42.6 Å². The molecule has 1 fully saturated rings. The molecule has 33 heavy (non-hydrogen) atoms. The highest BCUT2D eigenvalue weighted by Gasteiger charge is 2.24. The van der Waals surface area contributed by atoms with E-state index in [1.165, 1.54) is 5.69 Å². The fourth-order valence-electron chi connectivity index (χ4n) is 4.46. The van der Waals surface area contributed by atoms with Gasteiger partial charge in [-0.3, -0.25) is 14.8 Å². The molecule has 0 unspecified atom stereocenters. The van der Waals surface area contributed by atoms with Crippen LogP contribution in [0.15, 0.2) is 83.1 Å². The molecule has 3 aliphatic heterocycles. The zero-order valence-electron chi connectivity index (χ0n) is 18.7. The van der Waals surface area contributed by atoms with Gasteiger partial charge in [0.15, 0.2) is 0 Å². The molecule has 0 aliphatic carbocycles. The summed E-state index contributed by atoms with van der Waals surface area (Å²) in [7, 11) is 2.16. The third kappa shape index (κ3) is 4.56. The molecule has 6 nitrogen and oxygen atoms in total. The maximum Gasteiger partial charge on any atom is 0.251 e. The molecule has 7 heteroatoms. The molecule has 170 valence electrons. The first-order valence-corrected chi connectivity index (χ1v) is 12.1. The molecule has 3 heterocycles. The largest absolute Gasteiger partial charge is 0.369 e. The first kappa shape index (κ1) is 21.8. The minimum atomic E-state index is -0.0709. The maximum atomic E-state index is 13.1. The normalized spacial score (nSPS) is 17.9. The highest BCUT2D eigenvalue weighted by molar-refractivity contribution is 9.10. The van der Waals surface area contributed by atoms with E-state index in [1.54, 1.807) is 0 Å². The zero-order valence-corrected chi connectivity index (χ0v) is 20.3. The minimum absolute atomic E-state index is 0.0709. The Bertz CT molecular complexity index is 1130. The lowest BCUT2D eigenvalue weighted by molar-refractivity contribution is 0.0951. The lowest BCUT2D eigenvalue weighted by Crippen LogP contribution is -2.45. The van der Waals surface area contributed by atoms with Crippen LogP contribution < -0.4 is 15.2 Å². The quantitative estimate of drug-likeness (QED) is 0.661. The number of anilines is 2. The van der Waals surface area contributed by atoms with Gasteiger partial charge in [-0.1, -0.05) is 24.3 Å². The fraction of sp³-hybridized carbons (Fsp3) is 0.269. The summed E-state index contributed by atoms with van der Waals surface area (Å²) >= 11 is 3.67. The highest BCUT2D eigenvalue weighted by atomic mass is 79.9. The van der Waals surface area contributed by atoms with Crippen LogP contribution in [-0.4, -0.2) is 55.6 Å². The van der Waals surface area contributed by atoms with Crippen LogP contribution in [-0.2, 0) is 6.54 Å². The molecular weight excluding hydrogens is 478 g/mol. The predicted octanol–water partition coefficient (Wildman–Crippen LogP) is 4.14. The minimum Gasteiger partial charge on any atom is -0.369 e. The summed E-state index contributed by atoms with van der Waals surface area (Å²) in [6, 6.07) is 14.1. The van der Waals surface area contributed by atoms with E-state index >= 15 is 0 Å². The summed E-state index contributed by atoms with van der Waals surface area (Å²) < 4.78 is 0.956. The molecule has 1 N–H and O–H groups in total. The van der Waals surface area contributed by atoms with Crippen molar-refractivity contribution in [3.8, 4) is 0 Å². The van der Waals surface area contributed by atoms with E-state index < -0.39 is 0 Å². The van der Waals surface area contributed by atoms with Gasteiger partial charge in [-0.2, -0.15) is 0 Å². The Morgan fingerprint density at radius 3 is 2.70 bits per heavy atom. The molecule has 1 amide bonds. The summed E-state index contributed by atoms with van der Waals surface area (Å²) in [5, 5.41) is 7.39. The van der Waals surface area contributed by atoms with Crippen molar-refractivity contribution in [1.29, 1.82) is 0 Å².